The Kier molecular flexibility index (Phi) is 7.71. The van der Waals surface area contributed by atoms with Crippen LogP contribution in [-0.4, -0.2) is 79.3 Å². The summed E-state index contributed by atoms with van der Waals surface area (Å²) >= 11 is 0.811. The van der Waals surface area contributed by atoms with Crippen LogP contribution in [0.5, 0.6) is 5.75 Å². The molecule has 0 saturated carbocycles. The van der Waals surface area contributed by atoms with Gasteiger partial charge < -0.3 is 19.3 Å². The van der Waals surface area contributed by atoms with Gasteiger partial charge in [0.2, 0.25) is 5.91 Å². The molecule has 2 aliphatic heterocycles. The van der Waals surface area contributed by atoms with Crippen LogP contribution in [0.2, 0.25) is 0 Å². The van der Waals surface area contributed by atoms with Crippen LogP contribution in [0, 0.1) is 0 Å². The molecule has 182 valence electrons. The molecular weight excluding hydrogens is 470 g/mol. The molecule has 2 heterocycles. The van der Waals surface area contributed by atoms with Gasteiger partial charge in [-0.3, -0.25) is 19.3 Å². The van der Waals surface area contributed by atoms with E-state index in [0.717, 1.165) is 22.3 Å². The van der Waals surface area contributed by atoms with Crippen molar-refractivity contribution in [2.75, 3.05) is 51.3 Å². The highest BCUT2D eigenvalue weighted by Gasteiger charge is 2.37. The maximum Gasteiger partial charge on any atom is 0.343 e. The Morgan fingerprint density at radius 2 is 1.66 bits per heavy atom. The minimum absolute atomic E-state index is 0.204. The van der Waals surface area contributed by atoms with Gasteiger partial charge >= 0.3 is 5.97 Å². The number of carbonyl (C=O) groups excluding carboxylic acids is 4. The first-order valence-electron chi connectivity index (χ1n) is 11.1. The van der Waals surface area contributed by atoms with Crippen molar-refractivity contribution in [3.63, 3.8) is 0 Å². The van der Waals surface area contributed by atoms with Crippen molar-refractivity contribution in [3.8, 4) is 5.75 Å². The third-order valence-electron chi connectivity index (χ3n) is 5.68. The minimum atomic E-state index is -0.490. The van der Waals surface area contributed by atoms with E-state index in [1.165, 1.54) is 7.11 Å². The van der Waals surface area contributed by atoms with Gasteiger partial charge in [-0.05, 0) is 47.7 Å². The third-order valence-corrected chi connectivity index (χ3v) is 6.59. The van der Waals surface area contributed by atoms with Crippen molar-refractivity contribution in [2.45, 2.75) is 0 Å². The number of piperazine rings is 1. The Bertz CT molecular complexity index is 1130. The summed E-state index contributed by atoms with van der Waals surface area (Å²) in [5, 5.41) is -0.462. The molecule has 0 aromatic heterocycles. The molecule has 2 fully saturated rings. The van der Waals surface area contributed by atoms with Gasteiger partial charge in [-0.15, -0.1) is 0 Å². The number of nitrogens with zero attached hydrogens (tertiary/aromatic N) is 3. The molecule has 35 heavy (non-hydrogen) atoms. The van der Waals surface area contributed by atoms with E-state index in [-0.39, 0.29) is 24.0 Å². The molecule has 4 rings (SSSR count). The van der Waals surface area contributed by atoms with E-state index >= 15 is 0 Å². The number of benzene rings is 2. The van der Waals surface area contributed by atoms with Crippen LogP contribution < -0.4 is 9.64 Å². The highest BCUT2D eigenvalue weighted by atomic mass is 32.2. The number of esters is 1. The fourth-order valence-corrected chi connectivity index (χ4v) is 4.58. The normalized spacial score (nSPS) is 17.2. The first-order valence-corrected chi connectivity index (χ1v) is 11.9. The predicted molar refractivity (Wildman–Crippen MR) is 132 cm³/mol. The Morgan fingerprint density at radius 1 is 0.971 bits per heavy atom. The molecule has 2 aromatic carbocycles. The molecular formula is C25H25N3O6S. The number of rotatable bonds is 7. The third kappa shape index (κ3) is 6.02. The monoisotopic (exact) mass is 495 g/mol. The van der Waals surface area contributed by atoms with Gasteiger partial charge in [0.1, 0.15) is 12.3 Å². The molecule has 10 heteroatoms. The van der Waals surface area contributed by atoms with E-state index in [2.05, 4.69) is 9.64 Å². The van der Waals surface area contributed by atoms with Crippen LogP contribution >= 0.6 is 11.8 Å². The van der Waals surface area contributed by atoms with Gasteiger partial charge in [-0.2, -0.15) is 0 Å². The Balaban J connectivity index is 1.32. The van der Waals surface area contributed by atoms with Crippen LogP contribution in [0.1, 0.15) is 5.56 Å². The lowest BCUT2D eigenvalue weighted by atomic mass is 10.2. The van der Waals surface area contributed by atoms with Crippen LogP contribution in [0.4, 0.5) is 10.5 Å². The second kappa shape index (κ2) is 11.1. The summed E-state index contributed by atoms with van der Waals surface area (Å²) in [7, 11) is 1.28. The van der Waals surface area contributed by atoms with E-state index in [0.29, 0.717) is 37.5 Å². The molecule has 2 aliphatic rings. The minimum Gasteiger partial charge on any atom is -0.482 e. The molecule has 0 radical (unpaired) electrons. The molecule has 2 saturated heterocycles. The largest absolute Gasteiger partial charge is 0.482 e. The van der Waals surface area contributed by atoms with E-state index in [1.807, 2.05) is 30.3 Å². The lowest BCUT2D eigenvalue weighted by molar-refractivity contribution is -0.143. The van der Waals surface area contributed by atoms with Crippen LogP contribution in [0.25, 0.3) is 6.08 Å². The predicted octanol–water partition coefficient (Wildman–Crippen LogP) is 2.62. The highest BCUT2D eigenvalue weighted by Crippen LogP contribution is 2.32. The van der Waals surface area contributed by atoms with Crippen LogP contribution in [0.15, 0.2) is 59.5 Å². The van der Waals surface area contributed by atoms with Crippen molar-refractivity contribution in [1.82, 2.24) is 9.80 Å². The number of ether oxygens (including phenoxy) is 2. The Labute approximate surface area is 207 Å². The number of thioether (sulfide) groups is 1. The fourth-order valence-electron chi connectivity index (χ4n) is 3.74. The van der Waals surface area contributed by atoms with Crippen molar-refractivity contribution < 1.29 is 28.7 Å². The molecule has 0 N–H and O–H groups in total. The molecule has 3 amide bonds. The van der Waals surface area contributed by atoms with Crippen molar-refractivity contribution in [3.05, 3.63) is 65.1 Å². The zero-order valence-electron chi connectivity index (χ0n) is 19.2. The quantitative estimate of drug-likeness (QED) is 0.427. The standard InChI is InChI=1S/C25H25N3O6S/c1-33-23(30)17-34-20-9-7-18(8-10-20)15-21-24(31)28(25(32)35-21)16-22(29)27-13-11-26(12-14-27)19-5-3-2-4-6-19/h2-10,15H,11-14,16-17H2,1H3. The molecule has 0 unspecified atom stereocenters. The number of carbonyl (C=O) groups is 4. The van der Waals surface area contributed by atoms with E-state index in [4.69, 9.17) is 4.74 Å². The van der Waals surface area contributed by atoms with E-state index in [1.54, 1.807) is 35.2 Å². The smallest absolute Gasteiger partial charge is 0.343 e. The first-order chi connectivity index (χ1) is 16.9. The molecule has 9 nitrogen and oxygen atoms in total. The zero-order valence-corrected chi connectivity index (χ0v) is 20.0. The average Bonchev–Trinajstić information content (AvgIpc) is 3.15. The van der Waals surface area contributed by atoms with Crippen molar-refractivity contribution >= 4 is 46.5 Å². The molecule has 0 bridgehead atoms. The molecule has 0 aliphatic carbocycles. The van der Waals surface area contributed by atoms with Gasteiger partial charge in [0, 0.05) is 31.9 Å². The number of hydrogen-bond donors (Lipinski definition) is 0. The summed E-state index contributed by atoms with van der Waals surface area (Å²) in [5.74, 6) is -0.746. The SMILES string of the molecule is COC(=O)COc1ccc(C=C2SC(=O)N(CC(=O)N3CCN(c4ccccc4)CC3)C2=O)cc1. The summed E-state index contributed by atoms with van der Waals surface area (Å²) in [4.78, 5) is 54.4. The number of anilines is 1. The van der Waals surface area contributed by atoms with Gasteiger partial charge in [0.05, 0.1) is 12.0 Å². The molecule has 0 atom stereocenters. The number of amides is 3. The number of methoxy groups -OCH3 is 1. The second-order valence-electron chi connectivity index (χ2n) is 7.91. The molecule has 0 spiro atoms. The van der Waals surface area contributed by atoms with Crippen LogP contribution in [0.3, 0.4) is 0 Å². The highest BCUT2D eigenvalue weighted by molar-refractivity contribution is 8.18. The van der Waals surface area contributed by atoms with Gasteiger partial charge in [0.15, 0.2) is 6.61 Å². The summed E-state index contributed by atoms with van der Waals surface area (Å²) in [6.45, 7) is 1.97. The Hall–Kier alpha value is -3.79. The van der Waals surface area contributed by atoms with E-state index in [9.17, 15) is 19.2 Å². The summed E-state index contributed by atoms with van der Waals surface area (Å²) in [6, 6.07) is 16.7. The topological polar surface area (TPSA) is 96.5 Å². The maximum absolute atomic E-state index is 12.8. The fraction of sp³-hybridized carbons (Fsp3) is 0.280. The van der Waals surface area contributed by atoms with Gasteiger partial charge in [0.25, 0.3) is 11.1 Å². The first kappa shape index (κ1) is 24.3. The molecule has 2 aromatic rings. The lowest BCUT2D eigenvalue weighted by Crippen LogP contribution is -2.51. The van der Waals surface area contributed by atoms with Crippen LogP contribution in [-0.2, 0) is 19.1 Å². The Morgan fingerprint density at radius 3 is 2.31 bits per heavy atom. The summed E-state index contributed by atoms with van der Waals surface area (Å²) in [6.07, 6.45) is 1.60. The zero-order chi connectivity index (χ0) is 24.8. The average molecular weight is 496 g/mol. The van der Waals surface area contributed by atoms with Crippen molar-refractivity contribution in [1.29, 1.82) is 0 Å². The lowest BCUT2D eigenvalue weighted by Gasteiger charge is -2.36. The van der Waals surface area contributed by atoms with Crippen molar-refractivity contribution in [2.24, 2.45) is 0 Å². The number of imide groups is 1. The number of hydrogen-bond acceptors (Lipinski definition) is 8. The maximum atomic E-state index is 12.8. The van der Waals surface area contributed by atoms with Gasteiger partial charge in [-0.25, -0.2) is 4.79 Å². The second-order valence-corrected chi connectivity index (χ2v) is 8.90. The summed E-state index contributed by atoms with van der Waals surface area (Å²) in [5.41, 5.74) is 1.79. The summed E-state index contributed by atoms with van der Waals surface area (Å²) < 4.78 is 9.82. The van der Waals surface area contributed by atoms with E-state index < -0.39 is 17.1 Å². The van der Waals surface area contributed by atoms with Gasteiger partial charge in [-0.1, -0.05) is 30.3 Å². The number of para-hydroxylation sites is 1.